The maximum absolute atomic E-state index is 13.5. The molecule has 0 aliphatic rings. The summed E-state index contributed by atoms with van der Waals surface area (Å²) in [5.41, 5.74) is 1.49. The first-order chi connectivity index (χ1) is 9.58. The average Bonchev–Trinajstić information content (AvgIpc) is 2.39. The summed E-state index contributed by atoms with van der Waals surface area (Å²) in [6.45, 7) is 1.06. The molecule has 6 heteroatoms. The SMILES string of the molecule is Cl.Fc1cccc(Cl)c1CNCCc1ccc(Cl)cc1Cl. The summed E-state index contributed by atoms with van der Waals surface area (Å²) >= 11 is 17.9. The zero-order valence-corrected chi connectivity index (χ0v) is 14.1. The fraction of sp³-hybridized carbons (Fsp3) is 0.200. The molecule has 0 saturated heterocycles. The number of hydrogen-bond donors (Lipinski definition) is 1. The number of benzene rings is 2. The predicted molar refractivity (Wildman–Crippen MR) is 90.5 cm³/mol. The molecule has 2 rings (SSSR count). The summed E-state index contributed by atoms with van der Waals surface area (Å²) in [5.74, 6) is -0.297. The van der Waals surface area contributed by atoms with Crippen molar-refractivity contribution in [3.8, 4) is 0 Å². The summed E-state index contributed by atoms with van der Waals surface area (Å²) in [4.78, 5) is 0. The number of hydrogen-bond acceptors (Lipinski definition) is 1. The van der Waals surface area contributed by atoms with Crippen molar-refractivity contribution in [1.29, 1.82) is 0 Å². The van der Waals surface area contributed by atoms with Gasteiger partial charge in [0, 0.05) is 27.2 Å². The van der Waals surface area contributed by atoms with E-state index in [1.54, 1.807) is 24.3 Å². The Morgan fingerprint density at radius 2 is 1.76 bits per heavy atom. The molecule has 0 bridgehead atoms. The van der Waals surface area contributed by atoms with E-state index in [0.717, 1.165) is 12.0 Å². The lowest BCUT2D eigenvalue weighted by Gasteiger charge is -2.09. The van der Waals surface area contributed by atoms with Gasteiger partial charge in [0.05, 0.1) is 0 Å². The van der Waals surface area contributed by atoms with E-state index in [1.807, 2.05) is 6.07 Å². The topological polar surface area (TPSA) is 12.0 Å². The average molecular weight is 369 g/mol. The van der Waals surface area contributed by atoms with Gasteiger partial charge in [0.25, 0.3) is 0 Å². The Bertz CT molecular complexity index is 584. The molecule has 114 valence electrons. The third kappa shape index (κ3) is 5.32. The van der Waals surface area contributed by atoms with E-state index >= 15 is 0 Å². The van der Waals surface area contributed by atoms with Crippen LogP contribution in [0.1, 0.15) is 11.1 Å². The minimum atomic E-state index is -0.297. The van der Waals surface area contributed by atoms with Crippen molar-refractivity contribution in [2.45, 2.75) is 13.0 Å². The Morgan fingerprint density at radius 1 is 1.00 bits per heavy atom. The highest BCUT2D eigenvalue weighted by molar-refractivity contribution is 6.35. The molecule has 0 spiro atoms. The van der Waals surface area contributed by atoms with E-state index in [0.29, 0.717) is 33.7 Å². The second-order valence-electron chi connectivity index (χ2n) is 4.36. The van der Waals surface area contributed by atoms with Crippen molar-refractivity contribution in [1.82, 2.24) is 5.32 Å². The Morgan fingerprint density at radius 3 is 2.43 bits per heavy atom. The van der Waals surface area contributed by atoms with Crippen molar-refractivity contribution in [2.75, 3.05) is 6.54 Å². The molecule has 2 aromatic rings. The van der Waals surface area contributed by atoms with Crippen LogP contribution in [0.2, 0.25) is 15.1 Å². The lowest BCUT2D eigenvalue weighted by atomic mass is 10.1. The summed E-state index contributed by atoms with van der Waals surface area (Å²) in [6.07, 6.45) is 0.738. The fourth-order valence-electron chi connectivity index (χ4n) is 1.86. The molecule has 1 nitrogen and oxygen atoms in total. The van der Waals surface area contributed by atoms with Crippen LogP contribution in [-0.4, -0.2) is 6.54 Å². The molecule has 0 aromatic heterocycles. The molecule has 0 amide bonds. The quantitative estimate of drug-likeness (QED) is 0.683. The molecule has 0 fully saturated rings. The first-order valence-electron chi connectivity index (χ1n) is 6.15. The van der Waals surface area contributed by atoms with Crippen LogP contribution in [0, 0.1) is 5.82 Å². The zero-order valence-electron chi connectivity index (χ0n) is 11.0. The molecule has 0 aliphatic carbocycles. The molecular formula is C15H14Cl4FN. The highest BCUT2D eigenvalue weighted by Crippen LogP contribution is 2.21. The van der Waals surface area contributed by atoms with Crippen LogP contribution in [0.25, 0.3) is 0 Å². The maximum Gasteiger partial charge on any atom is 0.129 e. The van der Waals surface area contributed by atoms with Gasteiger partial charge in [-0.25, -0.2) is 4.39 Å². The van der Waals surface area contributed by atoms with Crippen LogP contribution in [0.3, 0.4) is 0 Å². The molecular weight excluding hydrogens is 355 g/mol. The van der Waals surface area contributed by atoms with Gasteiger partial charge in [-0.05, 0) is 42.8 Å². The molecule has 21 heavy (non-hydrogen) atoms. The number of nitrogens with one attached hydrogen (secondary N) is 1. The van der Waals surface area contributed by atoms with E-state index in [9.17, 15) is 4.39 Å². The Balaban J connectivity index is 0.00000220. The molecule has 0 heterocycles. The number of halogens is 5. The summed E-state index contributed by atoms with van der Waals surface area (Å²) in [5, 5.41) is 4.85. The van der Waals surface area contributed by atoms with Gasteiger partial charge in [0.2, 0.25) is 0 Å². The lowest BCUT2D eigenvalue weighted by molar-refractivity contribution is 0.588. The van der Waals surface area contributed by atoms with Crippen molar-refractivity contribution in [3.05, 3.63) is 68.4 Å². The Labute approximate surface area is 144 Å². The zero-order chi connectivity index (χ0) is 14.5. The molecule has 0 atom stereocenters. The predicted octanol–water partition coefficient (Wildman–Crippen LogP) is 5.54. The molecule has 0 aliphatic heterocycles. The lowest BCUT2D eigenvalue weighted by Crippen LogP contribution is -2.18. The fourth-order valence-corrected chi connectivity index (χ4v) is 2.59. The monoisotopic (exact) mass is 367 g/mol. The van der Waals surface area contributed by atoms with Gasteiger partial charge in [-0.2, -0.15) is 0 Å². The summed E-state index contributed by atoms with van der Waals surface area (Å²) in [7, 11) is 0. The standard InChI is InChI=1S/C15H13Cl3FN.ClH/c16-11-5-4-10(14(18)8-11)6-7-20-9-12-13(17)2-1-3-15(12)19;/h1-5,8,20H,6-7,9H2;1H. The van der Waals surface area contributed by atoms with Gasteiger partial charge in [-0.1, -0.05) is 46.9 Å². The van der Waals surface area contributed by atoms with Gasteiger partial charge < -0.3 is 5.32 Å². The summed E-state index contributed by atoms with van der Waals surface area (Å²) in [6, 6.07) is 10.1. The van der Waals surface area contributed by atoms with Crippen LogP contribution in [0.5, 0.6) is 0 Å². The second-order valence-corrected chi connectivity index (χ2v) is 5.61. The Hall–Kier alpha value is -0.510. The second kappa shape index (κ2) is 8.82. The van der Waals surface area contributed by atoms with E-state index < -0.39 is 0 Å². The van der Waals surface area contributed by atoms with Crippen LogP contribution in [-0.2, 0) is 13.0 Å². The maximum atomic E-state index is 13.5. The van der Waals surface area contributed by atoms with E-state index in [-0.39, 0.29) is 18.2 Å². The highest BCUT2D eigenvalue weighted by atomic mass is 35.5. The van der Waals surface area contributed by atoms with Gasteiger partial charge in [0.1, 0.15) is 5.82 Å². The van der Waals surface area contributed by atoms with Crippen molar-refractivity contribution >= 4 is 47.2 Å². The van der Waals surface area contributed by atoms with Gasteiger partial charge in [-0.15, -0.1) is 12.4 Å². The third-order valence-corrected chi connectivity index (χ3v) is 3.89. The highest BCUT2D eigenvalue weighted by Gasteiger charge is 2.06. The van der Waals surface area contributed by atoms with Crippen molar-refractivity contribution in [3.63, 3.8) is 0 Å². The van der Waals surface area contributed by atoms with E-state index in [2.05, 4.69) is 5.32 Å². The molecule has 1 N–H and O–H groups in total. The molecule has 0 saturated carbocycles. The third-order valence-electron chi connectivity index (χ3n) is 2.95. The van der Waals surface area contributed by atoms with Crippen LogP contribution < -0.4 is 5.32 Å². The minimum Gasteiger partial charge on any atom is -0.312 e. The molecule has 2 aromatic carbocycles. The first-order valence-corrected chi connectivity index (χ1v) is 7.29. The van der Waals surface area contributed by atoms with E-state index in [1.165, 1.54) is 6.07 Å². The first kappa shape index (κ1) is 18.5. The molecule has 0 unspecified atom stereocenters. The van der Waals surface area contributed by atoms with Crippen molar-refractivity contribution < 1.29 is 4.39 Å². The van der Waals surface area contributed by atoms with Crippen molar-refractivity contribution in [2.24, 2.45) is 0 Å². The van der Waals surface area contributed by atoms with Crippen LogP contribution in [0.15, 0.2) is 36.4 Å². The van der Waals surface area contributed by atoms with Crippen LogP contribution in [0.4, 0.5) is 4.39 Å². The minimum absolute atomic E-state index is 0. The van der Waals surface area contributed by atoms with Crippen LogP contribution >= 0.6 is 47.2 Å². The summed E-state index contributed by atoms with van der Waals surface area (Å²) < 4.78 is 13.5. The van der Waals surface area contributed by atoms with Gasteiger partial charge in [-0.3, -0.25) is 0 Å². The molecule has 0 radical (unpaired) electrons. The van der Waals surface area contributed by atoms with E-state index in [4.69, 9.17) is 34.8 Å². The number of rotatable bonds is 5. The van der Waals surface area contributed by atoms with Gasteiger partial charge >= 0.3 is 0 Å². The Kier molecular flexibility index (Phi) is 7.78. The normalized spacial score (nSPS) is 10.3. The smallest absolute Gasteiger partial charge is 0.129 e. The largest absolute Gasteiger partial charge is 0.312 e. The van der Waals surface area contributed by atoms with Gasteiger partial charge in [0.15, 0.2) is 0 Å².